The van der Waals surface area contributed by atoms with Crippen LogP contribution >= 0.6 is 27.5 Å². The lowest BCUT2D eigenvalue weighted by molar-refractivity contribution is 1.09. The molecule has 0 amide bonds. The second-order valence-electron chi connectivity index (χ2n) is 4.15. The summed E-state index contributed by atoms with van der Waals surface area (Å²) >= 11 is 9.44. The average Bonchev–Trinajstić information content (AvgIpc) is 2.43. The van der Waals surface area contributed by atoms with Gasteiger partial charge in [0.25, 0.3) is 0 Å². The quantitative estimate of drug-likeness (QED) is 0.618. The van der Waals surface area contributed by atoms with Crippen LogP contribution in [0.4, 0.5) is 0 Å². The molecular weight excluding hydrogens is 326 g/mol. The first-order valence-corrected chi connectivity index (χ1v) is 6.87. The Kier molecular flexibility index (Phi) is 3.21. The summed E-state index contributed by atoms with van der Waals surface area (Å²) in [6.07, 6.45) is 1.78. The van der Waals surface area contributed by atoms with Crippen LogP contribution in [0.15, 0.2) is 41.0 Å². The van der Waals surface area contributed by atoms with Gasteiger partial charge in [-0.1, -0.05) is 17.7 Å². The van der Waals surface area contributed by atoms with E-state index in [1.54, 1.807) is 6.20 Å². The normalized spacial score (nSPS) is 10.9. The molecule has 0 radical (unpaired) electrons. The highest BCUT2D eigenvalue weighted by molar-refractivity contribution is 9.10. The van der Waals surface area contributed by atoms with Crippen molar-refractivity contribution in [3.05, 3.63) is 51.8 Å². The molecule has 0 spiro atoms. The van der Waals surface area contributed by atoms with Gasteiger partial charge >= 0.3 is 0 Å². The number of rotatable bonds is 1. The average molecular weight is 335 g/mol. The molecule has 94 valence electrons. The maximum Gasteiger partial charge on any atom is 0.161 e. The summed E-state index contributed by atoms with van der Waals surface area (Å²) in [6, 6.07) is 9.85. The van der Waals surface area contributed by atoms with Crippen LogP contribution in [0.3, 0.4) is 0 Å². The minimum absolute atomic E-state index is 0.425. The maximum atomic E-state index is 6.08. The van der Waals surface area contributed by atoms with Crippen LogP contribution in [-0.4, -0.2) is 15.0 Å². The fraction of sp³-hybridized carbons (Fsp3) is 0.0714. The molecule has 2 aromatic heterocycles. The number of halogens is 2. The summed E-state index contributed by atoms with van der Waals surface area (Å²) < 4.78 is 0.736. The number of aromatic nitrogens is 3. The van der Waals surface area contributed by atoms with Gasteiger partial charge in [0.2, 0.25) is 0 Å². The van der Waals surface area contributed by atoms with E-state index in [1.807, 2.05) is 37.3 Å². The van der Waals surface area contributed by atoms with E-state index in [1.165, 1.54) is 0 Å². The highest BCUT2D eigenvalue weighted by Gasteiger charge is 2.09. The highest BCUT2D eigenvalue weighted by atomic mass is 79.9. The van der Waals surface area contributed by atoms with Gasteiger partial charge in [0, 0.05) is 17.1 Å². The Hall–Kier alpha value is -1.52. The number of benzene rings is 1. The Labute approximate surface area is 123 Å². The SMILES string of the molecule is Cc1nc(-c2ccc3ncccc3c2)nc(Cl)c1Br. The lowest BCUT2D eigenvalue weighted by Crippen LogP contribution is -1.94. The van der Waals surface area contributed by atoms with Gasteiger partial charge in [0.1, 0.15) is 5.15 Å². The van der Waals surface area contributed by atoms with E-state index in [4.69, 9.17) is 11.6 Å². The van der Waals surface area contributed by atoms with Crippen molar-refractivity contribution < 1.29 is 0 Å². The van der Waals surface area contributed by atoms with Crippen molar-refractivity contribution in [1.29, 1.82) is 0 Å². The largest absolute Gasteiger partial charge is 0.256 e. The van der Waals surface area contributed by atoms with Crippen molar-refractivity contribution in [2.45, 2.75) is 6.92 Å². The van der Waals surface area contributed by atoms with Gasteiger partial charge in [0.05, 0.1) is 15.7 Å². The van der Waals surface area contributed by atoms with Crippen molar-refractivity contribution >= 4 is 38.4 Å². The first kappa shape index (κ1) is 12.5. The second-order valence-corrected chi connectivity index (χ2v) is 5.30. The zero-order valence-corrected chi connectivity index (χ0v) is 12.4. The summed E-state index contributed by atoms with van der Waals surface area (Å²) in [4.78, 5) is 13.0. The predicted molar refractivity (Wildman–Crippen MR) is 80.2 cm³/mol. The highest BCUT2D eigenvalue weighted by Crippen LogP contribution is 2.27. The molecule has 0 saturated heterocycles. The van der Waals surface area contributed by atoms with Crippen molar-refractivity contribution in [3.8, 4) is 11.4 Å². The van der Waals surface area contributed by atoms with Crippen LogP contribution in [0.25, 0.3) is 22.3 Å². The number of fused-ring (bicyclic) bond motifs is 1. The maximum absolute atomic E-state index is 6.08. The van der Waals surface area contributed by atoms with Gasteiger partial charge in [-0.15, -0.1) is 0 Å². The third kappa shape index (κ3) is 2.33. The Morgan fingerprint density at radius 3 is 2.79 bits per heavy atom. The molecule has 0 N–H and O–H groups in total. The molecule has 0 unspecified atom stereocenters. The Morgan fingerprint density at radius 2 is 2.00 bits per heavy atom. The summed E-state index contributed by atoms with van der Waals surface area (Å²) in [6.45, 7) is 1.89. The molecule has 19 heavy (non-hydrogen) atoms. The van der Waals surface area contributed by atoms with Crippen molar-refractivity contribution in [2.75, 3.05) is 0 Å². The van der Waals surface area contributed by atoms with Gasteiger partial charge in [-0.2, -0.15) is 0 Å². The van der Waals surface area contributed by atoms with Gasteiger partial charge < -0.3 is 0 Å². The number of pyridine rings is 1. The van der Waals surface area contributed by atoms with Gasteiger partial charge in [0.15, 0.2) is 5.82 Å². The van der Waals surface area contributed by atoms with Crippen LogP contribution in [-0.2, 0) is 0 Å². The standard InChI is InChI=1S/C14H9BrClN3/c1-8-12(15)13(16)19-14(18-8)10-4-5-11-9(7-10)3-2-6-17-11/h2-7H,1H3. The minimum atomic E-state index is 0.425. The van der Waals surface area contributed by atoms with E-state index < -0.39 is 0 Å². The summed E-state index contributed by atoms with van der Waals surface area (Å²) in [5.41, 5.74) is 2.70. The predicted octanol–water partition coefficient (Wildman–Crippen LogP) is 4.42. The smallest absolute Gasteiger partial charge is 0.161 e. The number of aryl methyl sites for hydroxylation is 1. The molecule has 2 heterocycles. The zero-order valence-electron chi connectivity index (χ0n) is 10.1. The summed E-state index contributed by atoms with van der Waals surface area (Å²) in [5.74, 6) is 0.622. The Morgan fingerprint density at radius 1 is 1.16 bits per heavy atom. The molecule has 0 aliphatic rings. The lowest BCUT2D eigenvalue weighted by atomic mass is 10.1. The van der Waals surface area contributed by atoms with Crippen molar-refractivity contribution in [2.24, 2.45) is 0 Å². The molecule has 3 rings (SSSR count). The molecule has 0 atom stereocenters. The molecular formula is C14H9BrClN3. The molecule has 3 aromatic rings. The molecule has 0 aliphatic carbocycles. The van der Waals surface area contributed by atoms with Gasteiger partial charge in [-0.25, -0.2) is 9.97 Å². The molecule has 0 saturated carbocycles. The van der Waals surface area contributed by atoms with Crippen LogP contribution in [0, 0.1) is 6.92 Å². The third-order valence-electron chi connectivity index (χ3n) is 2.84. The topological polar surface area (TPSA) is 38.7 Å². The van der Waals surface area contributed by atoms with Crippen molar-refractivity contribution in [3.63, 3.8) is 0 Å². The van der Waals surface area contributed by atoms with E-state index in [0.29, 0.717) is 11.0 Å². The van der Waals surface area contributed by atoms with E-state index in [2.05, 4.69) is 30.9 Å². The monoisotopic (exact) mass is 333 g/mol. The number of hydrogen-bond donors (Lipinski definition) is 0. The second kappa shape index (κ2) is 4.87. The fourth-order valence-electron chi connectivity index (χ4n) is 1.87. The Balaban J connectivity index is 2.19. The molecule has 5 heteroatoms. The van der Waals surface area contributed by atoms with E-state index in [0.717, 1.165) is 26.6 Å². The number of hydrogen-bond acceptors (Lipinski definition) is 3. The minimum Gasteiger partial charge on any atom is -0.256 e. The summed E-state index contributed by atoms with van der Waals surface area (Å²) in [7, 11) is 0. The van der Waals surface area contributed by atoms with Crippen LogP contribution in [0.5, 0.6) is 0 Å². The molecule has 0 aliphatic heterocycles. The zero-order chi connectivity index (χ0) is 13.4. The third-order valence-corrected chi connectivity index (χ3v) is 4.29. The van der Waals surface area contributed by atoms with Gasteiger partial charge in [-0.05, 0) is 47.1 Å². The van der Waals surface area contributed by atoms with E-state index in [-0.39, 0.29) is 0 Å². The van der Waals surface area contributed by atoms with Gasteiger partial charge in [-0.3, -0.25) is 4.98 Å². The number of nitrogens with zero attached hydrogens (tertiary/aromatic N) is 3. The van der Waals surface area contributed by atoms with Crippen LogP contribution in [0.1, 0.15) is 5.69 Å². The fourth-order valence-corrected chi connectivity index (χ4v) is 2.26. The molecule has 0 fully saturated rings. The first-order valence-electron chi connectivity index (χ1n) is 5.70. The first-order chi connectivity index (χ1) is 9.15. The molecule has 0 bridgehead atoms. The van der Waals surface area contributed by atoms with Crippen molar-refractivity contribution in [1.82, 2.24) is 15.0 Å². The summed E-state index contributed by atoms with van der Waals surface area (Å²) in [5, 5.41) is 1.48. The van der Waals surface area contributed by atoms with Crippen LogP contribution < -0.4 is 0 Å². The Bertz CT molecular complexity index is 750. The molecule has 3 nitrogen and oxygen atoms in total. The molecule has 1 aromatic carbocycles. The van der Waals surface area contributed by atoms with E-state index >= 15 is 0 Å². The van der Waals surface area contributed by atoms with Crippen LogP contribution in [0.2, 0.25) is 5.15 Å². The van der Waals surface area contributed by atoms with E-state index in [9.17, 15) is 0 Å². The lowest BCUT2D eigenvalue weighted by Gasteiger charge is -2.06.